The maximum absolute atomic E-state index is 12.8. The van der Waals surface area contributed by atoms with E-state index in [-0.39, 0.29) is 6.04 Å². The van der Waals surface area contributed by atoms with Gasteiger partial charge in [-0.3, -0.25) is 0 Å². The van der Waals surface area contributed by atoms with Crippen molar-refractivity contribution in [3.05, 3.63) is 29.3 Å². The summed E-state index contributed by atoms with van der Waals surface area (Å²) in [4.78, 5) is 0.407. The molecule has 112 valence electrons. The first kappa shape index (κ1) is 15.5. The predicted molar refractivity (Wildman–Crippen MR) is 81.1 cm³/mol. The van der Waals surface area contributed by atoms with Crippen LogP contribution in [0.4, 0.5) is 0 Å². The molecule has 2 N–H and O–H groups in total. The molecular weight excluding hydrogens is 272 g/mol. The van der Waals surface area contributed by atoms with Gasteiger partial charge in [0.25, 0.3) is 0 Å². The molecule has 1 aliphatic heterocycles. The van der Waals surface area contributed by atoms with Crippen molar-refractivity contribution < 1.29 is 8.42 Å². The summed E-state index contributed by atoms with van der Waals surface area (Å²) in [6.45, 7) is 5.08. The quantitative estimate of drug-likeness (QED) is 0.926. The molecule has 1 aromatic carbocycles. The highest BCUT2D eigenvalue weighted by Crippen LogP contribution is 2.27. The van der Waals surface area contributed by atoms with Gasteiger partial charge >= 0.3 is 0 Å². The SMILES string of the molecule is Cc1ccc(S(=O)(=O)N2CCCCC2CCN)cc1C. The average molecular weight is 296 g/mol. The lowest BCUT2D eigenvalue weighted by atomic mass is 10.0. The lowest BCUT2D eigenvalue weighted by molar-refractivity contribution is 0.243. The number of piperidine rings is 1. The first-order valence-corrected chi connectivity index (χ1v) is 8.70. The maximum atomic E-state index is 12.8. The first-order valence-electron chi connectivity index (χ1n) is 7.26. The van der Waals surface area contributed by atoms with E-state index >= 15 is 0 Å². The fourth-order valence-electron chi connectivity index (χ4n) is 2.78. The Kier molecular flexibility index (Phi) is 4.83. The Bertz CT molecular complexity index is 567. The largest absolute Gasteiger partial charge is 0.330 e. The van der Waals surface area contributed by atoms with Crippen LogP contribution < -0.4 is 5.73 Å². The highest BCUT2D eigenvalue weighted by molar-refractivity contribution is 7.89. The van der Waals surface area contributed by atoms with Gasteiger partial charge in [-0.2, -0.15) is 4.31 Å². The number of nitrogens with zero attached hydrogens (tertiary/aromatic N) is 1. The Labute approximate surface area is 122 Å². The number of rotatable bonds is 4. The second-order valence-electron chi connectivity index (χ2n) is 5.59. The Morgan fingerprint density at radius 1 is 1.25 bits per heavy atom. The Balaban J connectivity index is 2.34. The van der Waals surface area contributed by atoms with Gasteiger partial charge in [-0.15, -0.1) is 0 Å². The van der Waals surface area contributed by atoms with Crippen LogP contribution in [0, 0.1) is 13.8 Å². The van der Waals surface area contributed by atoms with Crippen molar-refractivity contribution in [3.63, 3.8) is 0 Å². The topological polar surface area (TPSA) is 63.4 Å². The molecule has 5 heteroatoms. The van der Waals surface area contributed by atoms with Gasteiger partial charge < -0.3 is 5.73 Å². The number of aryl methyl sites for hydroxylation is 2. The minimum atomic E-state index is -3.39. The zero-order valence-electron chi connectivity index (χ0n) is 12.3. The molecule has 1 atom stereocenters. The van der Waals surface area contributed by atoms with Crippen LogP contribution in [0.15, 0.2) is 23.1 Å². The van der Waals surface area contributed by atoms with Crippen LogP contribution in [-0.2, 0) is 10.0 Å². The third kappa shape index (κ3) is 3.05. The molecule has 1 unspecified atom stereocenters. The summed E-state index contributed by atoms with van der Waals surface area (Å²) in [6.07, 6.45) is 3.68. The lowest BCUT2D eigenvalue weighted by Gasteiger charge is -2.34. The molecular formula is C15H24N2O2S. The fourth-order valence-corrected chi connectivity index (χ4v) is 4.59. The highest BCUT2D eigenvalue weighted by atomic mass is 32.2. The normalized spacial score (nSPS) is 21.1. The summed E-state index contributed by atoms with van der Waals surface area (Å²) in [7, 11) is -3.39. The molecule has 1 aliphatic rings. The van der Waals surface area contributed by atoms with Crippen LogP contribution in [-0.4, -0.2) is 31.9 Å². The molecule has 0 bridgehead atoms. The third-order valence-corrected chi connectivity index (χ3v) is 6.11. The lowest BCUT2D eigenvalue weighted by Crippen LogP contribution is -2.44. The molecule has 0 aliphatic carbocycles. The minimum absolute atomic E-state index is 0.0559. The number of hydrogen-bond acceptors (Lipinski definition) is 3. The van der Waals surface area contributed by atoms with Crippen molar-refractivity contribution in [1.82, 2.24) is 4.31 Å². The van der Waals surface area contributed by atoms with E-state index in [9.17, 15) is 8.42 Å². The molecule has 1 aromatic rings. The van der Waals surface area contributed by atoms with Crippen LogP contribution in [0.1, 0.15) is 36.8 Å². The van der Waals surface area contributed by atoms with E-state index in [0.717, 1.165) is 36.8 Å². The predicted octanol–water partition coefficient (Wildman–Crippen LogP) is 2.20. The van der Waals surface area contributed by atoms with Crippen molar-refractivity contribution in [1.29, 1.82) is 0 Å². The molecule has 0 amide bonds. The van der Waals surface area contributed by atoms with Crippen LogP contribution >= 0.6 is 0 Å². The van der Waals surface area contributed by atoms with Crippen molar-refractivity contribution in [2.75, 3.05) is 13.1 Å². The zero-order chi connectivity index (χ0) is 14.8. The standard InChI is InChI=1S/C15H24N2O2S/c1-12-6-7-15(11-13(12)2)20(18,19)17-10-4-3-5-14(17)8-9-16/h6-7,11,14H,3-5,8-10,16H2,1-2H3. The second-order valence-corrected chi connectivity index (χ2v) is 7.48. The van der Waals surface area contributed by atoms with E-state index in [1.54, 1.807) is 16.4 Å². The molecule has 0 radical (unpaired) electrons. The van der Waals surface area contributed by atoms with E-state index in [0.29, 0.717) is 18.0 Å². The summed E-state index contributed by atoms with van der Waals surface area (Å²) >= 11 is 0. The van der Waals surface area contributed by atoms with Gasteiger partial charge in [-0.05, 0) is 62.9 Å². The Morgan fingerprint density at radius 2 is 2.00 bits per heavy atom. The summed E-state index contributed by atoms with van der Waals surface area (Å²) in [5, 5.41) is 0. The minimum Gasteiger partial charge on any atom is -0.330 e. The summed E-state index contributed by atoms with van der Waals surface area (Å²) in [5.41, 5.74) is 7.75. The molecule has 2 rings (SSSR count). The van der Waals surface area contributed by atoms with Crippen molar-refractivity contribution in [2.24, 2.45) is 5.73 Å². The van der Waals surface area contributed by atoms with E-state index in [4.69, 9.17) is 5.73 Å². The molecule has 20 heavy (non-hydrogen) atoms. The van der Waals surface area contributed by atoms with E-state index in [1.807, 2.05) is 19.9 Å². The monoisotopic (exact) mass is 296 g/mol. The molecule has 0 aromatic heterocycles. The van der Waals surface area contributed by atoms with Gasteiger partial charge in [0.1, 0.15) is 0 Å². The fraction of sp³-hybridized carbons (Fsp3) is 0.600. The van der Waals surface area contributed by atoms with E-state index in [1.165, 1.54) is 0 Å². The van der Waals surface area contributed by atoms with Crippen molar-refractivity contribution >= 4 is 10.0 Å². The van der Waals surface area contributed by atoms with Crippen LogP contribution in [0.3, 0.4) is 0 Å². The highest BCUT2D eigenvalue weighted by Gasteiger charge is 2.32. The molecule has 1 saturated heterocycles. The number of nitrogens with two attached hydrogens (primary N) is 1. The molecule has 0 saturated carbocycles. The van der Waals surface area contributed by atoms with Gasteiger partial charge in [0.05, 0.1) is 4.90 Å². The molecule has 4 nitrogen and oxygen atoms in total. The van der Waals surface area contributed by atoms with Gasteiger partial charge in [0.15, 0.2) is 0 Å². The number of hydrogen-bond donors (Lipinski definition) is 1. The third-order valence-electron chi connectivity index (χ3n) is 4.16. The van der Waals surface area contributed by atoms with E-state index in [2.05, 4.69) is 0 Å². The Hall–Kier alpha value is -0.910. The van der Waals surface area contributed by atoms with Gasteiger partial charge in [-0.25, -0.2) is 8.42 Å². The van der Waals surface area contributed by atoms with Crippen molar-refractivity contribution in [3.8, 4) is 0 Å². The smallest absolute Gasteiger partial charge is 0.243 e. The maximum Gasteiger partial charge on any atom is 0.243 e. The second kappa shape index (κ2) is 6.24. The zero-order valence-corrected chi connectivity index (χ0v) is 13.1. The number of sulfonamides is 1. The summed E-state index contributed by atoms with van der Waals surface area (Å²) < 4.78 is 27.3. The Morgan fingerprint density at radius 3 is 2.65 bits per heavy atom. The van der Waals surface area contributed by atoms with E-state index < -0.39 is 10.0 Å². The molecule has 1 heterocycles. The average Bonchev–Trinajstić information content (AvgIpc) is 2.42. The summed E-state index contributed by atoms with van der Waals surface area (Å²) in [6, 6.07) is 5.43. The van der Waals surface area contributed by atoms with Gasteiger partial charge in [0.2, 0.25) is 10.0 Å². The number of benzene rings is 1. The van der Waals surface area contributed by atoms with Gasteiger partial charge in [0, 0.05) is 12.6 Å². The first-order chi connectivity index (χ1) is 9.46. The van der Waals surface area contributed by atoms with Crippen LogP contribution in [0.5, 0.6) is 0 Å². The summed E-state index contributed by atoms with van der Waals surface area (Å²) in [5.74, 6) is 0. The van der Waals surface area contributed by atoms with Crippen molar-refractivity contribution in [2.45, 2.75) is 50.5 Å². The molecule has 0 spiro atoms. The van der Waals surface area contributed by atoms with Gasteiger partial charge in [-0.1, -0.05) is 12.5 Å². The van der Waals surface area contributed by atoms with Crippen LogP contribution in [0.25, 0.3) is 0 Å². The molecule has 1 fully saturated rings. The van der Waals surface area contributed by atoms with Crippen LogP contribution in [0.2, 0.25) is 0 Å².